The minimum atomic E-state index is -0.732. The van der Waals surface area contributed by atoms with E-state index in [-0.39, 0.29) is 6.42 Å². The fourth-order valence-electron chi connectivity index (χ4n) is 0.774. The van der Waals surface area contributed by atoms with Crippen molar-refractivity contribution < 1.29 is 14.7 Å². The Bertz CT molecular complexity index is 179. The summed E-state index contributed by atoms with van der Waals surface area (Å²) in [6.45, 7) is 0. The Labute approximate surface area is 82.2 Å². The van der Waals surface area contributed by atoms with E-state index in [1.165, 1.54) is 6.08 Å². The van der Waals surface area contributed by atoms with Crippen molar-refractivity contribution in [3.8, 4) is 0 Å². The maximum Gasteiger partial charge on any atom is 0.303 e. The van der Waals surface area contributed by atoms with Crippen molar-refractivity contribution in [1.29, 1.82) is 0 Å². The number of aliphatic carboxylic acids is 1. The van der Waals surface area contributed by atoms with Crippen molar-refractivity contribution in [3.05, 3.63) is 6.08 Å². The summed E-state index contributed by atoms with van der Waals surface area (Å²) in [5.41, 5.74) is 0. The molecular weight excluding hydrogens is 188 g/mol. The SMILES string of the molecule is O=C=CCCCSCCCC(=O)O. The topological polar surface area (TPSA) is 54.4 Å². The molecule has 1 N–H and O–H groups in total. The molecule has 0 radical (unpaired) electrons. The first-order valence-electron chi connectivity index (χ1n) is 4.26. The molecule has 0 unspecified atom stereocenters. The van der Waals surface area contributed by atoms with Gasteiger partial charge in [-0.25, -0.2) is 4.79 Å². The maximum atomic E-state index is 10.1. The minimum Gasteiger partial charge on any atom is -0.481 e. The molecule has 4 heteroatoms. The molecule has 0 bridgehead atoms. The van der Waals surface area contributed by atoms with E-state index in [1.807, 2.05) is 0 Å². The van der Waals surface area contributed by atoms with Crippen LogP contribution in [-0.4, -0.2) is 28.5 Å². The maximum absolute atomic E-state index is 10.1. The third kappa shape index (κ3) is 11.3. The summed E-state index contributed by atoms with van der Waals surface area (Å²) in [5.74, 6) is 2.86. The van der Waals surface area contributed by atoms with Crippen LogP contribution in [0, 0.1) is 0 Å². The smallest absolute Gasteiger partial charge is 0.303 e. The summed E-state index contributed by atoms with van der Waals surface area (Å²) in [5, 5.41) is 8.33. The van der Waals surface area contributed by atoms with Crippen LogP contribution in [0.2, 0.25) is 0 Å². The van der Waals surface area contributed by atoms with Gasteiger partial charge in [0.1, 0.15) is 5.94 Å². The molecule has 0 rings (SSSR count). The van der Waals surface area contributed by atoms with E-state index in [4.69, 9.17) is 5.11 Å². The van der Waals surface area contributed by atoms with Crippen LogP contribution in [-0.2, 0) is 9.59 Å². The summed E-state index contributed by atoms with van der Waals surface area (Å²) < 4.78 is 0. The van der Waals surface area contributed by atoms with Gasteiger partial charge in [-0.15, -0.1) is 0 Å². The summed E-state index contributed by atoms with van der Waals surface area (Å²) in [7, 11) is 0. The number of rotatable bonds is 8. The highest BCUT2D eigenvalue weighted by molar-refractivity contribution is 7.99. The van der Waals surface area contributed by atoms with Gasteiger partial charge in [0.25, 0.3) is 0 Å². The van der Waals surface area contributed by atoms with Gasteiger partial charge in [-0.1, -0.05) is 0 Å². The zero-order chi connectivity index (χ0) is 9.94. The van der Waals surface area contributed by atoms with Crippen LogP contribution in [0.3, 0.4) is 0 Å². The number of allylic oxidation sites excluding steroid dienone is 1. The van der Waals surface area contributed by atoms with Crippen LogP contribution in [0.25, 0.3) is 0 Å². The largest absolute Gasteiger partial charge is 0.481 e. The van der Waals surface area contributed by atoms with E-state index in [1.54, 1.807) is 17.7 Å². The van der Waals surface area contributed by atoms with Crippen molar-refractivity contribution in [1.82, 2.24) is 0 Å². The van der Waals surface area contributed by atoms with Crippen LogP contribution >= 0.6 is 11.8 Å². The highest BCUT2D eigenvalue weighted by Crippen LogP contribution is 2.07. The first-order chi connectivity index (χ1) is 6.27. The van der Waals surface area contributed by atoms with Gasteiger partial charge in [0.05, 0.1) is 0 Å². The lowest BCUT2D eigenvalue weighted by atomic mass is 10.3. The number of hydrogen-bond acceptors (Lipinski definition) is 3. The lowest BCUT2D eigenvalue weighted by Gasteiger charge is -1.97. The molecule has 0 fully saturated rings. The number of unbranched alkanes of at least 4 members (excludes halogenated alkanes) is 1. The third-order valence-electron chi connectivity index (χ3n) is 1.40. The normalized spacial score (nSPS) is 9.23. The van der Waals surface area contributed by atoms with Gasteiger partial charge < -0.3 is 5.11 Å². The molecule has 0 spiro atoms. The molecule has 13 heavy (non-hydrogen) atoms. The fourth-order valence-corrected chi connectivity index (χ4v) is 1.70. The average molecular weight is 202 g/mol. The molecule has 0 aromatic rings. The first-order valence-corrected chi connectivity index (χ1v) is 5.41. The van der Waals surface area contributed by atoms with Crippen LogP contribution in [0.4, 0.5) is 0 Å². The van der Waals surface area contributed by atoms with E-state index in [2.05, 4.69) is 0 Å². The van der Waals surface area contributed by atoms with Gasteiger partial charge in [0.15, 0.2) is 0 Å². The lowest BCUT2D eigenvalue weighted by Crippen LogP contribution is -1.95. The van der Waals surface area contributed by atoms with Crippen molar-refractivity contribution in [2.24, 2.45) is 0 Å². The lowest BCUT2D eigenvalue weighted by molar-refractivity contribution is -0.137. The minimum absolute atomic E-state index is 0.251. The standard InChI is InChI=1S/C9H14O3S/c10-6-2-1-3-7-13-8-4-5-9(11)12/h2H,1,3-5,7-8H2,(H,11,12). The molecule has 0 atom stereocenters. The summed E-state index contributed by atoms with van der Waals surface area (Å²) in [6.07, 6.45) is 4.20. The van der Waals surface area contributed by atoms with Crippen LogP contribution in [0.15, 0.2) is 6.08 Å². The Hall–Kier alpha value is -0.730. The predicted octanol–water partition coefficient (Wildman–Crippen LogP) is 1.75. The Morgan fingerprint density at radius 2 is 2.08 bits per heavy atom. The molecule has 0 aromatic heterocycles. The Balaban J connectivity index is 2.99. The Kier molecular flexibility index (Phi) is 8.83. The van der Waals surface area contributed by atoms with E-state index in [9.17, 15) is 9.59 Å². The second-order valence-corrected chi connectivity index (χ2v) is 3.80. The van der Waals surface area contributed by atoms with Crippen molar-refractivity contribution in [2.75, 3.05) is 11.5 Å². The number of hydrogen-bond donors (Lipinski definition) is 1. The molecule has 0 aliphatic heterocycles. The predicted molar refractivity (Wildman–Crippen MR) is 53.7 cm³/mol. The molecule has 0 saturated carbocycles. The van der Waals surface area contributed by atoms with Crippen molar-refractivity contribution in [2.45, 2.75) is 25.7 Å². The van der Waals surface area contributed by atoms with E-state index in [0.29, 0.717) is 0 Å². The third-order valence-corrected chi connectivity index (χ3v) is 2.55. The number of carboxylic acid groups (broad SMARTS) is 1. The molecule has 74 valence electrons. The van der Waals surface area contributed by atoms with Gasteiger partial charge in [-0.05, 0) is 36.8 Å². The van der Waals surface area contributed by atoms with Crippen LogP contribution < -0.4 is 0 Å². The van der Waals surface area contributed by atoms with E-state index >= 15 is 0 Å². The second-order valence-electron chi connectivity index (χ2n) is 2.57. The monoisotopic (exact) mass is 202 g/mol. The summed E-state index contributed by atoms with van der Waals surface area (Å²) in [6, 6.07) is 0. The average Bonchev–Trinajstić information content (AvgIpc) is 2.09. The van der Waals surface area contributed by atoms with Gasteiger partial charge in [-0.3, -0.25) is 4.79 Å². The van der Waals surface area contributed by atoms with Crippen molar-refractivity contribution >= 4 is 23.7 Å². The van der Waals surface area contributed by atoms with Gasteiger partial charge in [0.2, 0.25) is 0 Å². The number of thioether (sulfide) groups is 1. The molecule has 0 amide bonds. The summed E-state index contributed by atoms with van der Waals surface area (Å²) in [4.78, 5) is 19.9. The number of carboxylic acids is 1. The van der Waals surface area contributed by atoms with Crippen LogP contribution in [0.5, 0.6) is 0 Å². The molecule has 0 heterocycles. The second kappa shape index (κ2) is 9.36. The van der Waals surface area contributed by atoms with Gasteiger partial charge >= 0.3 is 5.97 Å². The number of carbonyl (C=O) groups is 1. The first kappa shape index (κ1) is 12.3. The van der Waals surface area contributed by atoms with E-state index in [0.717, 1.165) is 30.8 Å². The highest BCUT2D eigenvalue weighted by Gasteiger charge is 1.95. The molecule has 0 aliphatic rings. The Morgan fingerprint density at radius 3 is 2.69 bits per heavy atom. The highest BCUT2D eigenvalue weighted by atomic mass is 32.2. The quantitative estimate of drug-likeness (QED) is 0.481. The van der Waals surface area contributed by atoms with Gasteiger partial charge in [0, 0.05) is 6.42 Å². The van der Waals surface area contributed by atoms with Gasteiger partial charge in [-0.2, -0.15) is 11.8 Å². The summed E-state index contributed by atoms with van der Waals surface area (Å²) >= 11 is 1.73. The van der Waals surface area contributed by atoms with Crippen LogP contribution in [0.1, 0.15) is 25.7 Å². The molecule has 0 saturated heterocycles. The zero-order valence-corrected chi connectivity index (χ0v) is 8.31. The molecular formula is C9H14O3S. The van der Waals surface area contributed by atoms with Crippen molar-refractivity contribution in [3.63, 3.8) is 0 Å². The zero-order valence-electron chi connectivity index (χ0n) is 7.49. The molecule has 3 nitrogen and oxygen atoms in total. The molecule has 0 aromatic carbocycles. The number of carbonyl (C=O) groups excluding carboxylic acids is 1. The molecule has 0 aliphatic carbocycles. The fraction of sp³-hybridized carbons (Fsp3) is 0.667. The Morgan fingerprint density at radius 1 is 1.38 bits per heavy atom. The van der Waals surface area contributed by atoms with E-state index < -0.39 is 5.97 Å².